The molecule has 1 amide bonds. The first-order valence-corrected chi connectivity index (χ1v) is 7.27. The smallest absolute Gasteiger partial charge is 0.238 e. The molecule has 2 aromatic carbocycles. The minimum absolute atomic E-state index is 0.00598. The fourth-order valence-corrected chi connectivity index (χ4v) is 2.21. The van der Waals surface area contributed by atoms with Crippen LogP contribution in [0.25, 0.3) is 0 Å². The minimum atomic E-state index is -0.00598. The molecule has 0 unspecified atom stereocenters. The van der Waals surface area contributed by atoms with Crippen LogP contribution >= 0.6 is 0 Å². The van der Waals surface area contributed by atoms with Crippen LogP contribution in [0.1, 0.15) is 16.7 Å². The van der Waals surface area contributed by atoms with Gasteiger partial charge in [-0.2, -0.15) is 0 Å². The third-order valence-corrected chi connectivity index (χ3v) is 3.38. The molecule has 0 spiro atoms. The zero-order valence-corrected chi connectivity index (χ0v) is 12.6. The van der Waals surface area contributed by atoms with Crippen molar-refractivity contribution >= 4 is 11.6 Å². The first kappa shape index (κ1) is 15.3. The van der Waals surface area contributed by atoms with Crippen molar-refractivity contribution in [2.75, 3.05) is 18.4 Å². The lowest BCUT2D eigenvalue weighted by Crippen LogP contribution is -2.29. The number of aryl methyl sites for hydroxylation is 2. The van der Waals surface area contributed by atoms with E-state index in [0.717, 1.165) is 24.2 Å². The van der Waals surface area contributed by atoms with Gasteiger partial charge in [-0.25, -0.2) is 0 Å². The van der Waals surface area contributed by atoms with Crippen LogP contribution in [0.15, 0.2) is 48.5 Å². The highest BCUT2D eigenvalue weighted by molar-refractivity contribution is 5.92. The normalized spacial score (nSPS) is 10.4. The lowest BCUT2D eigenvalue weighted by molar-refractivity contribution is -0.115. The van der Waals surface area contributed by atoms with Crippen molar-refractivity contribution in [2.45, 2.75) is 20.3 Å². The van der Waals surface area contributed by atoms with Crippen molar-refractivity contribution in [2.24, 2.45) is 0 Å². The van der Waals surface area contributed by atoms with Crippen molar-refractivity contribution in [1.29, 1.82) is 0 Å². The van der Waals surface area contributed by atoms with E-state index in [1.807, 2.05) is 31.2 Å². The molecule has 0 saturated heterocycles. The van der Waals surface area contributed by atoms with Crippen molar-refractivity contribution in [1.82, 2.24) is 5.32 Å². The summed E-state index contributed by atoms with van der Waals surface area (Å²) in [6, 6.07) is 16.2. The molecule has 110 valence electrons. The number of para-hydroxylation sites is 1. The molecule has 0 heterocycles. The average Bonchev–Trinajstić information content (AvgIpc) is 2.46. The number of carbonyl (C=O) groups is 1. The Kier molecular flexibility index (Phi) is 5.52. The maximum Gasteiger partial charge on any atom is 0.238 e. The lowest BCUT2D eigenvalue weighted by Gasteiger charge is -2.09. The summed E-state index contributed by atoms with van der Waals surface area (Å²) in [6.45, 7) is 5.21. The van der Waals surface area contributed by atoms with E-state index < -0.39 is 0 Å². The van der Waals surface area contributed by atoms with Crippen molar-refractivity contribution in [3.8, 4) is 0 Å². The molecule has 2 aromatic rings. The quantitative estimate of drug-likeness (QED) is 0.799. The number of rotatable bonds is 6. The molecule has 21 heavy (non-hydrogen) atoms. The molecule has 0 radical (unpaired) electrons. The molecule has 0 aromatic heterocycles. The Hall–Kier alpha value is -2.13. The molecule has 3 nitrogen and oxygen atoms in total. The van der Waals surface area contributed by atoms with Gasteiger partial charge >= 0.3 is 0 Å². The first-order chi connectivity index (χ1) is 10.1. The van der Waals surface area contributed by atoms with Gasteiger partial charge in [0.25, 0.3) is 0 Å². The van der Waals surface area contributed by atoms with Crippen LogP contribution < -0.4 is 10.6 Å². The van der Waals surface area contributed by atoms with E-state index in [0.29, 0.717) is 6.54 Å². The van der Waals surface area contributed by atoms with E-state index in [1.165, 1.54) is 11.1 Å². The van der Waals surface area contributed by atoms with Crippen LogP contribution in [0, 0.1) is 13.8 Å². The average molecular weight is 282 g/mol. The number of nitrogens with one attached hydrogen (secondary N) is 2. The Labute approximate surface area is 126 Å². The predicted molar refractivity (Wildman–Crippen MR) is 87.6 cm³/mol. The third kappa shape index (κ3) is 5.04. The molecule has 0 saturated carbocycles. The highest BCUT2D eigenvalue weighted by atomic mass is 16.1. The van der Waals surface area contributed by atoms with Crippen LogP contribution in [-0.2, 0) is 11.2 Å². The summed E-state index contributed by atoms with van der Waals surface area (Å²) in [4.78, 5) is 11.9. The molecule has 2 N–H and O–H groups in total. The second kappa shape index (κ2) is 7.60. The second-order valence-corrected chi connectivity index (χ2v) is 5.28. The van der Waals surface area contributed by atoms with Crippen LogP contribution in [0.4, 0.5) is 5.69 Å². The fourth-order valence-electron chi connectivity index (χ4n) is 2.21. The number of benzene rings is 2. The summed E-state index contributed by atoms with van der Waals surface area (Å²) in [7, 11) is 0. The van der Waals surface area contributed by atoms with Crippen molar-refractivity contribution in [3.05, 3.63) is 65.2 Å². The lowest BCUT2D eigenvalue weighted by atomic mass is 10.1. The Morgan fingerprint density at radius 2 is 1.86 bits per heavy atom. The van der Waals surface area contributed by atoms with Gasteiger partial charge in [0, 0.05) is 5.69 Å². The molecule has 0 fully saturated rings. The standard InChI is InChI=1S/C18H22N2O/c1-14-6-5-8-16(12-14)10-11-19-13-18(21)20-17-9-4-3-7-15(17)2/h3-9,12,19H,10-11,13H2,1-2H3,(H,20,21). The highest BCUT2D eigenvalue weighted by Gasteiger charge is 2.03. The zero-order chi connectivity index (χ0) is 15.1. The third-order valence-electron chi connectivity index (χ3n) is 3.38. The largest absolute Gasteiger partial charge is 0.325 e. The number of hydrogen-bond acceptors (Lipinski definition) is 2. The molecular formula is C18H22N2O. The summed E-state index contributed by atoms with van der Waals surface area (Å²) in [5, 5.41) is 6.10. The van der Waals surface area contributed by atoms with Gasteiger partial charge < -0.3 is 10.6 Å². The van der Waals surface area contributed by atoms with E-state index in [2.05, 4.69) is 41.8 Å². The Balaban J connectivity index is 1.71. The molecule has 3 heteroatoms. The molecule has 0 aliphatic carbocycles. The molecule has 0 aliphatic heterocycles. The maximum atomic E-state index is 11.9. The van der Waals surface area contributed by atoms with E-state index in [9.17, 15) is 4.79 Å². The SMILES string of the molecule is Cc1cccc(CCNCC(=O)Nc2ccccc2C)c1. The van der Waals surface area contributed by atoms with Crippen molar-refractivity contribution < 1.29 is 4.79 Å². The van der Waals surface area contributed by atoms with Gasteiger partial charge in [0.15, 0.2) is 0 Å². The van der Waals surface area contributed by atoms with Crippen LogP contribution in [0.2, 0.25) is 0 Å². The summed E-state index contributed by atoms with van der Waals surface area (Å²) in [6.07, 6.45) is 0.930. The molecular weight excluding hydrogens is 260 g/mol. The molecule has 0 bridgehead atoms. The zero-order valence-electron chi connectivity index (χ0n) is 12.6. The summed E-state index contributed by atoms with van der Waals surface area (Å²) in [5.41, 5.74) is 4.51. The van der Waals surface area contributed by atoms with E-state index >= 15 is 0 Å². The van der Waals surface area contributed by atoms with Gasteiger partial charge in [0.2, 0.25) is 5.91 Å². The number of carbonyl (C=O) groups excluding carboxylic acids is 1. The summed E-state index contributed by atoms with van der Waals surface area (Å²) in [5.74, 6) is -0.00598. The van der Waals surface area contributed by atoms with Gasteiger partial charge in [0.1, 0.15) is 0 Å². The van der Waals surface area contributed by atoms with Gasteiger partial charge in [-0.05, 0) is 44.0 Å². The number of amides is 1. The van der Waals surface area contributed by atoms with Crippen LogP contribution in [0.5, 0.6) is 0 Å². The van der Waals surface area contributed by atoms with Gasteiger partial charge in [-0.1, -0.05) is 48.0 Å². The topological polar surface area (TPSA) is 41.1 Å². The minimum Gasteiger partial charge on any atom is -0.325 e. The molecule has 0 atom stereocenters. The Morgan fingerprint density at radius 1 is 1.05 bits per heavy atom. The van der Waals surface area contributed by atoms with Gasteiger partial charge in [0.05, 0.1) is 6.54 Å². The molecule has 2 rings (SSSR count). The maximum absolute atomic E-state index is 11.9. The van der Waals surface area contributed by atoms with E-state index in [-0.39, 0.29) is 5.91 Å². The van der Waals surface area contributed by atoms with Crippen LogP contribution in [0.3, 0.4) is 0 Å². The highest BCUT2D eigenvalue weighted by Crippen LogP contribution is 2.12. The summed E-state index contributed by atoms with van der Waals surface area (Å²) >= 11 is 0. The van der Waals surface area contributed by atoms with Crippen LogP contribution in [-0.4, -0.2) is 19.0 Å². The van der Waals surface area contributed by atoms with Crippen molar-refractivity contribution in [3.63, 3.8) is 0 Å². The van der Waals surface area contributed by atoms with Gasteiger partial charge in [-0.15, -0.1) is 0 Å². The Morgan fingerprint density at radius 3 is 2.62 bits per heavy atom. The number of hydrogen-bond donors (Lipinski definition) is 2. The Bertz CT molecular complexity index is 608. The summed E-state index contributed by atoms with van der Waals surface area (Å²) < 4.78 is 0. The van der Waals surface area contributed by atoms with Gasteiger partial charge in [-0.3, -0.25) is 4.79 Å². The number of anilines is 1. The van der Waals surface area contributed by atoms with E-state index in [1.54, 1.807) is 0 Å². The monoisotopic (exact) mass is 282 g/mol. The molecule has 0 aliphatic rings. The first-order valence-electron chi connectivity index (χ1n) is 7.27. The second-order valence-electron chi connectivity index (χ2n) is 5.28. The fraction of sp³-hybridized carbons (Fsp3) is 0.278. The predicted octanol–water partition coefficient (Wildman–Crippen LogP) is 3.07. The van der Waals surface area contributed by atoms with E-state index in [4.69, 9.17) is 0 Å².